The predicted molar refractivity (Wildman–Crippen MR) is 71.7 cm³/mol. The van der Waals surface area contributed by atoms with Gasteiger partial charge < -0.3 is 10.2 Å². The number of alkyl halides is 3. The minimum Gasteiger partial charge on any atom is -0.373 e. The molecule has 1 aliphatic heterocycles. The van der Waals surface area contributed by atoms with Gasteiger partial charge in [-0.25, -0.2) is 9.97 Å². The molecular formula is C13H19F3N4. The molecule has 0 amide bonds. The van der Waals surface area contributed by atoms with Gasteiger partial charge >= 0.3 is 6.18 Å². The van der Waals surface area contributed by atoms with E-state index in [9.17, 15) is 13.2 Å². The van der Waals surface area contributed by atoms with Gasteiger partial charge in [0, 0.05) is 26.2 Å². The minimum atomic E-state index is -4.53. The van der Waals surface area contributed by atoms with E-state index in [4.69, 9.17) is 0 Å². The van der Waals surface area contributed by atoms with Gasteiger partial charge in [0.1, 0.15) is 11.6 Å². The second-order valence-electron chi connectivity index (χ2n) is 5.53. The van der Waals surface area contributed by atoms with E-state index in [-0.39, 0.29) is 5.82 Å². The van der Waals surface area contributed by atoms with Crippen molar-refractivity contribution in [1.29, 1.82) is 0 Å². The predicted octanol–water partition coefficient (Wildman–Crippen LogP) is 3.02. The number of nitrogens with one attached hydrogen (secondary N) is 1. The normalized spacial score (nSPS) is 23.8. The number of halogens is 3. The summed E-state index contributed by atoms with van der Waals surface area (Å²) >= 11 is 0. The van der Waals surface area contributed by atoms with Gasteiger partial charge in [0.15, 0.2) is 0 Å². The van der Waals surface area contributed by atoms with Crippen molar-refractivity contribution in [2.45, 2.75) is 26.4 Å². The number of piperidine rings is 1. The van der Waals surface area contributed by atoms with Crippen LogP contribution >= 0.6 is 0 Å². The van der Waals surface area contributed by atoms with Crippen LogP contribution < -0.4 is 10.2 Å². The highest BCUT2D eigenvalue weighted by Crippen LogP contribution is 2.31. The van der Waals surface area contributed by atoms with E-state index < -0.39 is 12.0 Å². The van der Waals surface area contributed by atoms with E-state index in [1.165, 1.54) is 0 Å². The van der Waals surface area contributed by atoms with E-state index in [0.29, 0.717) is 17.7 Å². The van der Waals surface area contributed by atoms with Gasteiger partial charge in [-0.1, -0.05) is 13.8 Å². The molecule has 0 aromatic carbocycles. The average Bonchev–Trinajstić information content (AvgIpc) is 2.36. The molecule has 0 radical (unpaired) electrons. The summed E-state index contributed by atoms with van der Waals surface area (Å²) in [5, 5.41) is 2.66. The Kier molecular flexibility index (Phi) is 4.06. The zero-order valence-corrected chi connectivity index (χ0v) is 11.8. The highest BCUT2D eigenvalue weighted by molar-refractivity contribution is 5.49. The van der Waals surface area contributed by atoms with Crippen LogP contribution in [0.25, 0.3) is 0 Å². The first-order valence-corrected chi connectivity index (χ1v) is 6.68. The fraction of sp³-hybridized carbons (Fsp3) is 0.692. The Bertz CT molecular complexity index is 465. The summed E-state index contributed by atoms with van der Waals surface area (Å²) in [5.41, 5.74) is 0. The van der Waals surface area contributed by atoms with Crippen LogP contribution in [0.1, 0.15) is 26.1 Å². The minimum absolute atomic E-state index is 0.188. The van der Waals surface area contributed by atoms with Crippen LogP contribution in [0.5, 0.6) is 0 Å². The summed E-state index contributed by atoms with van der Waals surface area (Å²) < 4.78 is 38.5. The second-order valence-corrected chi connectivity index (χ2v) is 5.53. The zero-order chi connectivity index (χ0) is 14.9. The van der Waals surface area contributed by atoms with Crippen LogP contribution in [0.2, 0.25) is 0 Å². The summed E-state index contributed by atoms with van der Waals surface area (Å²) in [4.78, 5) is 9.09. The molecular weight excluding hydrogens is 269 g/mol. The Morgan fingerprint density at radius 1 is 1.20 bits per heavy atom. The van der Waals surface area contributed by atoms with Crippen LogP contribution in [0.15, 0.2) is 6.07 Å². The molecule has 2 unspecified atom stereocenters. The third-order valence-electron chi connectivity index (χ3n) is 3.42. The smallest absolute Gasteiger partial charge is 0.373 e. The molecule has 2 atom stereocenters. The number of anilines is 2. The SMILES string of the molecule is CNc1cc(N2CC(C)CC(C)C2)nc(C(F)(F)F)n1. The number of nitrogens with zero attached hydrogens (tertiary/aromatic N) is 3. The Morgan fingerprint density at radius 3 is 2.30 bits per heavy atom. The number of hydrogen-bond acceptors (Lipinski definition) is 4. The van der Waals surface area contributed by atoms with Crippen molar-refractivity contribution >= 4 is 11.6 Å². The molecule has 1 N–H and O–H groups in total. The summed E-state index contributed by atoms with van der Waals surface area (Å²) in [6.07, 6.45) is -3.44. The third kappa shape index (κ3) is 3.32. The molecule has 112 valence electrons. The first-order chi connectivity index (χ1) is 9.29. The highest BCUT2D eigenvalue weighted by atomic mass is 19.4. The first kappa shape index (κ1) is 14.9. The number of hydrogen-bond donors (Lipinski definition) is 1. The topological polar surface area (TPSA) is 41.0 Å². The van der Waals surface area contributed by atoms with Gasteiger partial charge in [0.05, 0.1) is 0 Å². The Morgan fingerprint density at radius 2 is 1.80 bits per heavy atom. The van der Waals surface area contributed by atoms with Crippen molar-refractivity contribution in [3.8, 4) is 0 Å². The molecule has 1 aliphatic rings. The lowest BCUT2D eigenvalue weighted by Crippen LogP contribution is -2.39. The Balaban J connectivity index is 2.35. The zero-order valence-electron chi connectivity index (χ0n) is 11.8. The Hall–Kier alpha value is -1.53. The van der Waals surface area contributed by atoms with Gasteiger partial charge in [0.2, 0.25) is 5.82 Å². The van der Waals surface area contributed by atoms with Gasteiger partial charge in [-0.05, 0) is 18.3 Å². The number of aromatic nitrogens is 2. The van der Waals surface area contributed by atoms with E-state index in [2.05, 4.69) is 29.1 Å². The van der Waals surface area contributed by atoms with Crippen molar-refractivity contribution in [2.24, 2.45) is 11.8 Å². The molecule has 1 saturated heterocycles. The van der Waals surface area contributed by atoms with Crippen molar-refractivity contribution in [3.05, 3.63) is 11.9 Å². The molecule has 4 nitrogen and oxygen atoms in total. The van der Waals surface area contributed by atoms with Gasteiger partial charge in [0.25, 0.3) is 0 Å². The lowest BCUT2D eigenvalue weighted by Gasteiger charge is -2.36. The molecule has 1 aromatic heterocycles. The fourth-order valence-corrected chi connectivity index (χ4v) is 2.70. The van der Waals surface area contributed by atoms with E-state index in [0.717, 1.165) is 19.5 Å². The molecule has 2 rings (SSSR count). The molecule has 0 saturated carbocycles. The van der Waals surface area contributed by atoms with Gasteiger partial charge in [-0.15, -0.1) is 0 Å². The first-order valence-electron chi connectivity index (χ1n) is 6.68. The summed E-state index contributed by atoms with van der Waals surface area (Å²) in [5.74, 6) is 0.329. The fourth-order valence-electron chi connectivity index (χ4n) is 2.70. The highest BCUT2D eigenvalue weighted by Gasteiger charge is 2.36. The van der Waals surface area contributed by atoms with Gasteiger partial charge in [-0.3, -0.25) is 0 Å². The van der Waals surface area contributed by atoms with Crippen molar-refractivity contribution in [1.82, 2.24) is 9.97 Å². The second kappa shape index (κ2) is 5.46. The van der Waals surface area contributed by atoms with E-state index in [1.54, 1.807) is 13.1 Å². The largest absolute Gasteiger partial charge is 0.451 e. The molecule has 0 bridgehead atoms. The summed E-state index contributed by atoms with van der Waals surface area (Å²) in [6.45, 7) is 5.66. The number of rotatable bonds is 2. The van der Waals surface area contributed by atoms with E-state index in [1.807, 2.05) is 4.90 Å². The van der Waals surface area contributed by atoms with E-state index >= 15 is 0 Å². The summed E-state index contributed by atoms with van der Waals surface area (Å²) in [7, 11) is 1.55. The van der Waals surface area contributed by atoms with Crippen LogP contribution in [0.3, 0.4) is 0 Å². The third-order valence-corrected chi connectivity index (χ3v) is 3.42. The maximum Gasteiger partial charge on any atom is 0.451 e. The summed E-state index contributed by atoms with van der Waals surface area (Å²) in [6, 6.07) is 1.57. The Labute approximate surface area is 116 Å². The van der Waals surface area contributed by atoms with Crippen LogP contribution in [-0.4, -0.2) is 30.1 Å². The molecule has 2 heterocycles. The molecule has 0 spiro atoms. The standard InChI is InChI=1S/C13H19F3N4/c1-8-4-9(2)7-20(6-8)11-5-10(17-3)18-12(19-11)13(14,15)16/h5,8-9H,4,6-7H2,1-3H3,(H,17,18,19). The van der Waals surface area contributed by atoms with Gasteiger partial charge in [-0.2, -0.15) is 13.2 Å². The van der Waals surface area contributed by atoms with Crippen LogP contribution in [0, 0.1) is 11.8 Å². The molecule has 20 heavy (non-hydrogen) atoms. The average molecular weight is 288 g/mol. The molecule has 0 aliphatic carbocycles. The monoisotopic (exact) mass is 288 g/mol. The van der Waals surface area contributed by atoms with Crippen molar-refractivity contribution < 1.29 is 13.2 Å². The maximum absolute atomic E-state index is 12.8. The molecule has 7 heteroatoms. The molecule has 1 fully saturated rings. The molecule has 1 aromatic rings. The van der Waals surface area contributed by atoms with Crippen LogP contribution in [0.4, 0.5) is 24.8 Å². The maximum atomic E-state index is 12.8. The van der Waals surface area contributed by atoms with Crippen molar-refractivity contribution in [3.63, 3.8) is 0 Å². The lowest BCUT2D eigenvalue weighted by atomic mass is 9.92. The van der Waals surface area contributed by atoms with Crippen LogP contribution in [-0.2, 0) is 6.18 Å². The quantitative estimate of drug-likeness (QED) is 0.908. The van der Waals surface area contributed by atoms with Crippen molar-refractivity contribution in [2.75, 3.05) is 30.4 Å². The lowest BCUT2D eigenvalue weighted by molar-refractivity contribution is -0.144.